The molecule has 0 saturated carbocycles. The fraction of sp³-hybridized carbons (Fsp3) is 1.00. The zero-order valence-electron chi connectivity index (χ0n) is 4.69. The van der Waals surface area contributed by atoms with Gasteiger partial charge in [0.05, 0.1) is 0 Å². The van der Waals surface area contributed by atoms with Crippen LogP contribution in [0.5, 0.6) is 0 Å². The van der Waals surface area contributed by atoms with Crippen LogP contribution in [0.2, 0.25) is 0 Å². The SMILES string of the molecule is COC(C)(Br)OC. The summed E-state index contributed by atoms with van der Waals surface area (Å²) >= 11 is 3.14. The Labute approximate surface area is 51.9 Å². The fourth-order valence-corrected chi connectivity index (χ4v) is 0.0833. The van der Waals surface area contributed by atoms with Crippen LogP contribution in [-0.4, -0.2) is 18.9 Å². The molecule has 0 fully saturated rings. The first-order valence-corrected chi connectivity index (χ1v) is 2.71. The Balaban J connectivity index is 3.36. The molecule has 2 nitrogen and oxygen atoms in total. The van der Waals surface area contributed by atoms with Gasteiger partial charge in [-0.25, -0.2) is 0 Å². The highest BCUT2D eigenvalue weighted by Crippen LogP contribution is 2.16. The van der Waals surface area contributed by atoms with Crippen molar-refractivity contribution in [3.8, 4) is 0 Å². The van der Waals surface area contributed by atoms with E-state index in [1.54, 1.807) is 21.1 Å². The van der Waals surface area contributed by atoms with Crippen molar-refractivity contribution in [2.75, 3.05) is 14.2 Å². The first kappa shape index (κ1) is 7.40. The van der Waals surface area contributed by atoms with Crippen LogP contribution in [0.15, 0.2) is 0 Å². The first-order valence-electron chi connectivity index (χ1n) is 1.91. The maximum absolute atomic E-state index is 4.78. The number of ether oxygens (including phenoxy) is 2. The maximum Gasteiger partial charge on any atom is 0.222 e. The van der Waals surface area contributed by atoms with Crippen LogP contribution < -0.4 is 0 Å². The maximum atomic E-state index is 4.78. The summed E-state index contributed by atoms with van der Waals surface area (Å²) in [7, 11) is 3.14. The summed E-state index contributed by atoms with van der Waals surface area (Å²) in [5, 5.41) is 0. The van der Waals surface area contributed by atoms with Crippen LogP contribution in [0.25, 0.3) is 0 Å². The molecule has 0 aliphatic rings. The summed E-state index contributed by atoms with van der Waals surface area (Å²) in [6, 6.07) is 0. The van der Waals surface area contributed by atoms with Crippen molar-refractivity contribution in [1.29, 1.82) is 0 Å². The molecule has 0 aliphatic heterocycles. The molecule has 0 aromatic heterocycles. The molecule has 0 unspecified atom stereocenters. The molecule has 0 saturated heterocycles. The fourth-order valence-electron chi connectivity index (χ4n) is 0.0833. The number of rotatable bonds is 2. The Morgan fingerprint density at radius 1 is 1.29 bits per heavy atom. The third-order valence-corrected chi connectivity index (χ3v) is 1.38. The smallest absolute Gasteiger partial charge is 0.222 e. The largest absolute Gasteiger partial charge is 0.344 e. The molecule has 0 aromatic carbocycles. The van der Waals surface area contributed by atoms with Crippen molar-refractivity contribution in [2.45, 2.75) is 11.6 Å². The van der Waals surface area contributed by atoms with Gasteiger partial charge in [-0.3, -0.25) is 0 Å². The lowest BCUT2D eigenvalue weighted by Crippen LogP contribution is -2.19. The Morgan fingerprint density at radius 2 is 1.57 bits per heavy atom. The lowest BCUT2D eigenvalue weighted by molar-refractivity contribution is -0.113. The number of hydrogen-bond donors (Lipinski definition) is 0. The van der Waals surface area contributed by atoms with Crippen molar-refractivity contribution in [1.82, 2.24) is 0 Å². The average Bonchev–Trinajstić information content (AvgIpc) is 1.68. The van der Waals surface area contributed by atoms with Gasteiger partial charge in [0.15, 0.2) is 0 Å². The van der Waals surface area contributed by atoms with E-state index in [2.05, 4.69) is 15.9 Å². The summed E-state index contributed by atoms with van der Waals surface area (Å²) in [5.74, 6) is 0. The highest BCUT2D eigenvalue weighted by Gasteiger charge is 2.15. The van der Waals surface area contributed by atoms with Crippen molar-refractivity contribution in [3.63, 3.8) is 0 Å². The third kappa shape index (κ3) is 3.02. The van der Waals surface area contributed by atoms with E-state index in [1.807, 2.05) is 0 Å². The minimum Gasteiger partial charge on any atom is -0.344 e. The van der Waals surface area contributed by atoms with E-state index >= 15 is 0 Å². The minimum absolute atomic E-state index is 0.604. The molecular weight excluding hydrogens is 160 g/mol. The second-order valence-electron chi connectivity index (χ2n) is 1.24. The molecule has 0 N–H and O–H groups in total. The molecule has 0 spiro atoms. The van der Waals surface area contributed by atoms with E-state index in [4.69, 9.17) is 9.47 Å². The van der Waals surface area contributed by atoms with E-state index in [0.29, 0.717) is 0 Å². The first-order chi connectivity index (χ1) is 3.12. The van der Waals surface area contributed by atoms with Crippen LogP contribution in [0.1, 0.15) is 6.92 Å². The zero-order chi connectivity index (χ0) is 5.91. The molecule has 0 rings (SSSR count). The van der Waals surface area contributed by atoms with Crippen LogP contribution >= 0.6 is 15.9 Å². The van der Waals surface area contributed by atoms with E-state index in [-0.39, 0.29) is 0 Å². The molecule has 0 aliphatic carbocycles. The van der Waals surface area contributed by atoms with Crippen molar-refractivity contribution in [2.24, 2.45) is 0 Å². The molecule has 0 heterocycles. The molecule has 7 heavy (non-hydrogen) atoms. The monoisotopic (exact) mass is 168 g/mol. The molecule has 0 atom stereocenters. The summed E-state index contributed by atoms with van der Waals surface area (Å²) in [4.78, 5) is 0. The van der Waals surface area contributed by atoms with E-state index in [0.717, 1.165) is 0 Å². The van der Waals surface area contributed by atoms with Gasteiger partial charge in [0.25, 0.3) is 0 Å². The lowest BCUT2D eigenvalue weighted by atomic mass is 10.8. The second-order valence-corrected chi connectivity index (χ2v) is 2.68. The Hall–Kier alpha value is 0.400. The summed E-state index contributed by atoms with van der Waals surface area (Å²) in [6.07, 6.45) is 0. The molecule has 3 heteroatoms. The van der Waals surface area contributed by atoms with Crippen LogP contribution in [-0.2, 0) is 9.47 Å². The van der Waals surface area contributed by atoms with E-state index in [1.165, 1.54) is 0 Å². The van der Waals surface area contributed by atoms with Gasteiger partial charge >= 0.3 is 0 Å². The van der Waals surface area contributed by atoms with Crippen molar-refractivity contribution in [3.05, 3.63) is 0 Å². The summed E-state index contributed by atoms with van der Waals surface area (Å²) in [6.45, 7) is 1.77. The standard InChI is InChI=1S/C4H9BrO2/c1-4(5,6-2)7-3/h1-3H3. The van der Waals surface area contributed by atoms with Gasteiger partial charge in [-0.2, -0.15) is 0 Å². The number of alkyl halides is 1. The van der Waals surface area contributed by atoms with Crippen LogP contribution in [0.4, 0.5) is 0 Å². The Morgan fingerprint density at radius 3 is 1.57 bits per heavy atom. The van der Waals surface area contributed by atoms with Gasteiger partial charge in [0.1, 0.15) is 0 Å². The minimum atomic E-state index is -0.604. The Bertz CT molecular complexity index is 47.7. The average molecular weight is 169 g/mol. The summed E-state index contributed by atoms with van der Waals surface area (Å²) < 4.78 is 8.96. The highest BCUT2D eigenvalue weighted by atomic mass is 79.9. The topological polar surface area (TPSA) is 18.5 Å². The quantitative estimate of drug-likeness (QED) is 0.458. The summed E-state index contributed by atoms with van der Waals surface area (Å²) in [5.41, 5.74) is 0. The highest BCUT2D eigenvalue weighted by molar-refractivity contribution is 9.10. The van der Waals surface area contributed by atoms with E-state index < -0.39 is 4.70 Å². The van der Waals surface area contributed by atoms with Gasteiger partial charge in [-0.05, 0) is 15.9 Å². The number of hydrogen-bond acceptors (Lipinski definition) is 2. The molecule has 0 aromatic rings. The van der Waals surface area contributed by atoms with Gasteiger partial charge in [-0.1, -0.05) is 0 Å². The van der Waals surface area contributed by atoms with Gasteiger partial charge in [0, 0.05) is 21.1 Å². The van der Waals surface area contributed by atoms with Crippen molar-refractivity contribution >= 4 is 15.9 Å². The van der Waals surface area contributed by atoms with Crippen LogP contribution in [0.3, 0.4) is 0 Å². The third-order valence-electron chi connectivity index (χ3n) is 0.729. The predicted octanol–water partition coefficient (Wildman–Crippen LogP) is 1.35. The van der Waals surface area contributed by atoms with Crippen molar-refractivity contribution < 1.29 is 9.47 Å². The zero-order valence-corrected chi connectivity index (χ0v) is 6.28. The van der Waals surface area contributed by atoms with Gasteiger partial charge < -0.3 is 9.47 Å². The molecular formula is C4H9BrO2. The normalized spacial score (nSPS) is 12.0. The van der Waals surface area contributed by atoms with E-state index in [9.17, 15) is 0 Å². The lowest BCUT2D eigenvalue weighted by Gasteiger charge is -2.17. The molecule has 0 amide bonds. The predicted molar refractivity (Wildman–Crippen MR) is 31.3 cm³/mol. The molecule has 0 radical (unpaired) electrons. The molecule has 0 bridgehead atoms. The molecule has 44 valence electrons. The van der Waals surface area contributed by atoms with Gasteiger partial charge in [0.2, 0.25) is 4.70 Å². The van der Waals surface area contributed by atoms with Gasteiger partial charge in [-0.15, -0.1) is 0 Å². The van der Waals surface area contributed by atoms with Crippen LogP contribution in [0, 0.1) is 0 Å². The number of methoxy groups -OCH3 is 2. The Kier molecular flexibility index (Phi) is 2.80. The second kappa shape index (κ2) is 2.64. The number of halogens is 1.